The largest absolute Gasteiger partial charge is 0.0988 e. The number of hydrogen-bond acceptors (Lipinski definition) is 0. The van der Waals surface area contributed by atoms with Gasteiger partial charge in [0.1, 0.15) is 0 Å². The van der Waals surface area contributed by atoms with E-state index in [0.29, 0.717) is 0 Å². The fourth-order valence-electron chi connectivity index (χ4n) is 1.50. The Bertz CT molecular complexity index is 354. The molecule has 0 unspecified atom stereocenters. The summed E-state index contributed by atoms with van der Waals surface area (Å²) in [6.07, 6.45) is 11.4. The molecule has 0 aromatic heterocycles. The van der Waals surface area contributed by atoms with Crippen LogP contribution in [0.25, 0.3) is 0 Å². The van der Waals surface area contributed by atoms with Crippen molar-refractivity contribution in [3.05, 3.63) is 58.7 Å². The summed E-state index contributed by atoms with van der Waals surface area (Å²) in [6.45, 7) is 10.0. The summed E-state index contributed by atoms with van der Waals surface area (Å²) >= 11 is 3.50. The third kappa shape index (κ3) is 3.67. The molecule has 1 heteroatoms. The lowest BCUT2D eigenvalue weighted by molar-refractivity contribution is 0.968. The highest BCUT2D eigenvalue weighted by atomic mass is 79.9. The van der Waals surface area contributed by atoms with E-state index in [0.717, 1.165) is 24.8 Å². The summed E-state index contributed by atoms with van der Waals surface area (Å²) in [6, 6.07) is 0. The van der Waals surface area contributed by atoms with Crippen molar-refractivity contribution in [2.75, 3.05) is 0 Å². The smallest absolute Gasteiger partial charge is 0.00460 e. The maximum atomic E-state index is 4.10. The molecule has 0 radical (unpaired) electrons. The molecule has 0 atom stereocenters. The minimum atomic E-state index is 1.01. The van der Waals surface area contributed by atoms with Gasteiger partial charge in [-0.1, -0.05) is 60.3 Å². The van der Waals surface area contributed by atoms with Gasteiger partial charge < -0.3 is 0 Å². The van der Waals surface area contributed by atoms with E-state index >= 15 is 0 Å². The Morgan fingerprint density at radius 3 is 2.67 bits per heavy atom. The summed E-state index contributed by atoms with van der Waals surface area (Å²) in [4.78, 5) is 0. The molecule has 1 rings (SSSR count). The second-order valence-electron chi connectivity index (χ2n) is 3.61. The van der Waals surface area contributed by atoms with Crippen LogP contribution in [0.5, 0.6) is 0 Å². The van der Waals surface area contributed by atoms with Crippen LogP contribution >= 0.6 is 15.9 Å². The lowest BCUT2D eigenvalue weighted by atomic mass is 9.96. The predicted octanol–water partition coefficient (Wildman–Crippen LogP) is 5.06. The van der Waals surface area contributed by atoms with Crippen LogP contribution < -0.4 is 0 Å². The van der Waals surface area contributed by atoms with Crippen molar-refractivity contribution >= 4 is 15.9 Å². The van der Waals surface area contributed by atoms with E-state index in [9.17, 15) is 0 Å². The zero-order valence-corrected chi connectivity index (χ0v) is 10.8. The molecule has 0 fully saturated rings. The van der Waals surface area contributed by atoms with Crippen molar-refractivity contribution in [3.63, 3.8) is 0 Å². The number of allylic oxidation sites excluding steroid dienone is 8. The fraction of sp³-hybridized carbons (Fsp3) is 0.286. The summed E-state index contributed by atoms with van der Waals surface area (Å²) < 4.78 is 1.27. The van der Waals surface area contributed by atoms with Crippen molar-refractivity contribution < 1.29 is 0 Å². The Morgan fingerprint density at radius 1 is 1.47 bits per heavy atom. The fourth-order valence-corrected chi connectivity index (χ4v) is 1.83. The number of halogens is 1. The Morgan fingerprint density at radius 2 is 2.20 bits per heavy atom. The molecule has 0 aromatic rings. The Labute approximate surface area is 101 Å². The second-order valence-corrected chi connectivity index (χ2v) is 4.63. The van der Waals surface area contributed by atoms with Crippen LogP contribution in [0, 0.1) is 0 Å². The quantitative estimate of drug-likeness (QED) is 0.623. The van der Waals surface area contributed by atoms with E-state index in [1.807, 2.05) is 6.08 Å². The highest BCUT2D eigenvalue weighted by Gasteiger charge is 2.06. The molecule has 0 N–H and O–H groups in total. The van der Waals surface area contributed by atoms with Crippen LogP contribution in [0.3, 0.4) is 0 Å². The highest BCUT2D eigenvalue weighted by molar-refractivity contribution is 9.11. The molecule has 0 bridgehead atoms. The summed E-state index contributed by atoms with van der Waals surface area (Å²) in [7, 11) is 0. The molecule has 0 aliphatic heterocycles. The van der Waals surface area contributed by atoms with Crippen molar-refractivity contribution in [1.82, 2.24) is 0 Å². The van der Waals surface area contributed by atoms with Crippen molar-refractivity contribution in [1.29, 1.82) is 0 Å². The molecule has 0 spiro atoms. The van der Waals surface area contributed by atoms with Gasteiger partial charge in [0, 0.05) is 0 Å². The Hall–Kier alpha value is -0.820. The SMILES string of the molecule is C=C/C(=C\C(=C)C1=CC=C(Br)CC1)CC. The second kappa shape index (κ2) is 5.92. The normalized spacial score (nSPS) is 16.8. The average Bonchev–Trinajstić information content (AvgIpc) is 2.26. The monoisotopic (exact) mass is 264 g/mol. The van der Waals surface area contributed by atoms with Gasteiger partial charge in [-0.05, 0) is 40.5 Å². The van der Waals surface area contributed by atoms with Crippen LogP contribution in [0.4, 0.5) is 0 Å². The predicted molar refractivity (Wildman–Crippen MR) is 72.0 cm³/mol. The molecule has 0 saturated carbocycles. The minimum Gasteiger partial charge on any atom is -0.0988 e. The molecular weight excluding hydrogens is 248 g/mol. The molecule has 1 aliphatic rings. The van der Waals surface area contributed by atoms with E-state index in [1.54, 1.807) is 0 Å². The van der Waals surface area contributed by atoms with Crippen molar-refractivity contribution in [2.45, 2.75) is 26.2 Å². The Balaban J connectivity index is 2.78. The van der Waals surface area contributed by atoms with Gasteiger partial charge in [-0.2, -0.15) is 0 Å². The van der Waals surface area contributed by atoms with E-state index in [-0.39, 0.29) is 0 Å². The van der Waals surface area contributed by atoms with Gasteiger partial charge in [-0.15, -0.1) is 0 Å². The topological polar surface area (TPSA) is 0 Å². The third-order valence-electron chi connectivity index (χ3n) is 2.54. The van der Waals surface area contributed by atoms with Crippen LogP contribution in [-0.2, 0) is 0 Å². The lowest BCUT2D eigenvalue weighted by Gasteiger charge is -2.12. The van der Waals surface area contributed by atoms with Gasteiger partial charge in [0.25, 0.3) is 0 Å². The van der Waals surface area contributed by atoms with E-state index in [4.69, 9.17) is 0 Å². The minimum absolute atomic E-state index is 1.01. The van der Waals surface area contributed by atoms with Crippen LogP contribution in [-0.4, -0.2) is 0 Å². The number of rotatable bonds is 4. The van der Waals surface area contributed by atoms with Crippen LogP contribution in [0.2, 0.25) is 0 Å². The summed E-state index contributed by atoms with van der Waals surface area (Å²) in [5, 5.41) is 0. The maximum absolute atomic E-state index is 4.10. The van der Waals surface area contributed by atoms with Crippen molar-refractivity contribution in [2.24, 2.45) is 0 Å². The molecule has 15 heavy (non-hydrogen) atoms. The molecule has 0 nitrogen and oxygen atoms in total. The molecule has 0 saturated heterocycles. The first-order valence-electron chi connectivity index (χ1n) is 5.25. The average molecular weight is 265 g/mol. The van der Waals surface area contributed by atoms with E-state index in [2.05, 4.69) is 54.2 Å². The van der Waals surface area contributed by atoms with Crippen LogP contribution in [0.15, 0.2) is 58.7 Å². The van der Waals surface area contributed by atoms with Gasteiger partial charge >= 0.3 is 0 Å². The van der Waals surface area contributed by atoms with Gasteiger partial charge in [0.2, 0.25) is 0 Å². The van der Waals surface area contributed by atoms with Gasteiger partial charge in [-0.25, -0.2) is 0 Å². The molecule has 1 aliphatic carbocycles. The zero-order valence-electron chi connectivity index (χ0n) is 9.22. The first kappa shape index (κ1) is 12.3. The number of hydrogen-bond donors (Lipinski definition) is 0. The maximum Gasteiger partial charge on any atom is -0.00460 e. The van der Waals surface area contributed by atoms with E-state index < -0.39 is 0 Å². The summed E-state index contributed by atoms with van der Waals surface area (Å²) in [5.74, 6) is 0. The molecule has 80 valence electrons. The van der Waals surface area contributed by atoms with Crippen molar-refractivity contribution in [3.8, 4) is 0 Å². The van der Waals surface area contributed by atoms with E-state index in [1.165, 1.54) is 15.6 Å². The Kier molecular flexibility index (Phi) is 4.83. The first-order valence-corrected chi connectivity index (χ1v) is 6.04. The standard InChI is InChI=1S/C14H17Br/c1-4-12(5-2)10-11(3)13-6-8-14(15)9-7-13/h4,6,8,10H,1,3,5,7,9H2,2H3/b12-10+. The first-order chi connectivity index (χ1) is 7.17. The molecule has 0 amide bonds. The molecule has 0 aromatic carbocycles. The highest BCUT2D eigenvalue weighted by Crippen LogP contribution is 2.27. The van der Waals surface area contributed by atoms with Gasteiger partial charge in [0.15, 0.2) is 0 Å². The summed E-state index contributed by atoms with van der Waals surface area (Å²) in [5.41, 5.74) is 3.68. The van der Waals surface area contributed by atoms with Gasteiger partial charge in [-0.3, -0.25) is 0 Å². The molecule has 0 heterocycles. The zero-order chi connectivity index (χ0) is 11.3. The third-order valence-corrected chi connectivity index (χ3v) is 3.20. The molecular formula is C14H17Br. The van der Waals surface area contributed by atoms with Gasteiger partial charge in [0.05, 0.1) is 0 Å². The lowest BCUT2D eigenvalue weighted by Crippen LogP contribution is -1.92. The van der Waals surface area contributed by atoms with Crippen LogP contribution in [0.1, 0.15) is 26.2 Å².